The molecule has 28 heavy (non-hydrogen) atoms. The maximum absolute atomic E-state index is 11.3. The lowest BCUT2D eigenvalue weighted by molar-refractivity contribution is -0.139. The standard InChI is InChI=1S/C20H32N4O4/c1-21-7-9-22(11-13-23(10-8-21)16-19(25)26)12-14-24(17-20(27)28)15-18-5-3-2-4-6-18/h2-6H,7-17H2,1H3,(H,25,26)(H,27,28). The maximum atomic E-state index is 11.3. The van der Waals surface area contributed by atoms with Crippen molar-refractivity contribution in [2.75, 3.05) is 72.5 Å². The third kappa shape index (κ3) is 8.79. The fraction of sp³-hybridized carbons (Fsp3) is 0.600. The van der Waals surface area contributed by atoms with E-state index >= 15 is 0 Å². The largest absolute Gasteiger partial charge is 0.480 e. The second kappa shape index (κ2) is 11.8. The van der Waals surface area contributed by atoms with E-state index < -0.39 is 11.9 Å². The first-order valence-electron chi connectivity index (χ1n) is 9.75. The van der Waals surface area contributed by atoms with Gasteiger partial charge in [-0.1, -0.05) is 30.3 Å². The van der Waals surface area contributed by atoms with Crippen LogP contribution in [0, 0.1) is 0 Å². The van der Waals surface area contributed by atoms with Crippen LogP contribution in [-0.2, 0) is 16.1 Å². The van der Waals surface area contributed by atoms with Crippen molar-refractivity contribution in [3.8, 4) is 0 Å². The number of benzene rings is 1. The van der Waals surface area contributed by atoms with Gasteiger partial charge in [0.15, 0.2) is 0 Å². The van der Waals surface area contributed by atoms with E-state index in [-0.39, 0.29) is 13.1 Å². The summed E-state index contributed by atoms with van der Waals surface area (Å²) in [6, 6.07) is 9.89. The van der Waals surface area contributed by atoms with Crippen LogP contribution in [0.4, 0.5) is 0 Å². The smallest absolute Gasteiger partial charge is 0.317 e. The molecule has 0 radical (unpaired) electrons. The van der Waals surface area contributed by atoms with E-state index in [9.17, 15) is 14.7 Å². The average Bonchev–Trinajstić information content (AvgIpc) is 2.72. The Balaban J connectivity index is 1.92. The normalized spacial score (nSPS) is 17.8. The molecule has 0 spiro atoms. The topological polar surface area (TPSA) is 87.6 Å². The molecular weight excluding hydrogens is 360 g/mol. The zero-order valence-electron chi connectivity index (χ0n) is 16.7. The SMILES string of the molecule is CN1CCN(CCN(CC(=O)O)Cc2ccccc2)CCN(CC(=O)O)CC1. The van der Waals surface area contributed by atoms with E-state index in [1.54, 1.807) is 0 Å². The minimum absolute atomic E-state index is 0.00771. The van der Waals surface area contributed by atoms with Gasteiger partial charge in [0.1, 0.15) is 0 Å². The van der Waals surface area contributed by atoms with Crippen LogP contribution in [0.1, 0.15) is 5.56 Å². The molecule has 0 amide bonds. The fourth-order valence-electron chi connectivity index (χ4n) is 3.35. The summed E-state index contributed by atoms with van der Waals surface area (Å²) in [5, 5.41) is 18.3. The molecule has 0 aromatic heterocycles. The Morgan fingerprint density at radius 1 is 0.929 bits per heavy atom. The number of likely N-dealkylation sites (N-methyl/N-ethyl adjacent to an activating group) is 1. The van der Waals surface area contributed by atoms with Crippen molar-refractivity contribution in [2.24, 2.45) is 0 Å². The van der Waals surface area contributed by atoms with Crippen molar-refractivity contribution in [3.63, 3.8) is 0 Å². The summed E-state index contributed by atoms with van der Waals surface area (Å²) in [5.41, 5.74) is 1.10. The minimum atomic E-state index is -0.826. The third-order valence-corrected chi connectivity index (χ3v) is 5.03. The summed E-state index contributed by atoms with van der Waals surface area (Å²) in [7, 11) is 2.05. The molecule has 1 aromatic carbocycles. The molecule has 0 unspecified atom stereocenters. The fourth-order valence-corrected chi connectivity index (χ4v) is 3.35. The van der Waals surface area contributed by atoms with Crippen molar-refractivity contribution in [1.82, 2.24) is 19.6 Å². The highest BCUT2D eigenvalue weighted by Crippen LogP contribution is 2.06. The monoisotopic (exact) mass is 392 g/mol. The van der Waals surface area contributed by atoms with Gasteiger partial charge in [0.25, 0.3) is 0 Å². The number of carbonyl (C=O) groups is 2. The van der Waals surface area contributed by atoms with Gasteiger partial charge in [0.2, 0.25) is 0 Å². The molecule has 1 aliphatic rings. The van der Waals surface area contributed by atoms with E-state index in [1.165, 1.54) is 0 Å². The third-order valence-electron chi connectivity index (χ3n) is 5.03. The van der Waals surface area contributed by atoms with Gasteiger partial charge in [0.05, 0.1) is 13.1 Å². The number of hydrogen-bond acceptors (Lipinski definition) is 6. The molecule has 0 bridgehead atoms. The highest BCUT2D eigenvalue weighted by Gasteiger charge is 2.18. The lowest BCUT2D eigenvalue weighted by Gasteiger charge is -2.28. The van der Waals surface area contributed by atoms with Gasteiger partial charge in [-0.3, -0.25) is 24.3 Å². The molecule has 2 N–H and O–H groups in total. The van der Waals surface area contributed by atoms with Crippen LogP contribution >= 0.6 is 0 Å². The molecule has 1 fully saturated rings. The maximum Gasteiger partial charge on any atom is 0.317 e. The van der Waals surface area contributed by atoms with Gasteiger partial charge >= 0.3 is 11.9 Å². The summed E-state index contributed by atoms with van der Waals surface area (Å²) in [6.07, 6.45) is 0. The Morgan fingerprint density at radius 2 is 1.54 bits per heavy atom. The quantitative estimate of drug-likeness (QED) is 0.617. The molecule has 1 aliphatic heterocycles. The van der Waals surface area contributed by atoms with Crippen molar-refractivity contribution >= 4 is 11.9 Å². The summed E-state index contributed by atoms with van der Waals surface area (Å²) in [4.78, 5) is 30.8. The molecule has 1 aromatic rings. The zero-order valence-corrected chi connectivity index (χ0v) is 16.7. The number of rotatable bonds is 9. The van der Waals surface area contributed by atoms with Crippen molar-refractivity contribution in [1.29, 1.82) is 0 Å². The van der Waals surface area contributed by atoms with Crippen LogP contribution in [-0.4, -0.2) is 114 Å². The Bertz CT molecular complexity index is 613. The molecule has 8 nitrogen and oxygen atoms in total. The Kier molecular flexibility index (Phi) is 9.36. The molecule has 0 aliphatic carbocycles. The minimum Gasteiger partial charge on any atom is -0.480 e. The van der Waals surface area contributed by atoms with Gasteiger partial charge in [-0.25, -0.2) is 0 Å². The predicted molar refractivity (Wildman–Crippen MR) is 107 cm³/mol. The van der Waals surface area contributed by atoms with Gasteiger partial charge in [-0.05, 0) is 12.6 Å². The molecule has 1 heterocycles. The molecule has 2 rings (SSSR count). The molecular formula is C20H32N4O4. The van der Waals surface area contributed by atoms with Crippen molar-refractivity contribution in [3.05, 3.63) is 35.9 Å². The van der Waals surface area contributed by atoms with Crippen LogP contribution < -0.4 is 0 Å². The van der Waals surface area contributed by atoms with Crippen LogP contribution in [0.2, 0.25) is 0 Å². The van der Waals surface area contributed by atoms with Crippen LogP contribution in [0.25, 0.3) is 0 Å². The predicted octanol–water partition coefficient (Wildman–Crippen LogP) is 0.207. The van der Waals surface area contributed by atoms with E-state index in [0.29, 0.717) is 19.6 Å². The first kappa shape index (κ1) is 22.3. The summed E-state index contributed by atoms with van der Waals surface area (Å²) >= 11 is 0. The molecule has 156 valence electrons. The van der Waals surface area contributed by atoms with Gasteiger partial charge in [-0.15, -0.1) is 0 Å². The van der Waals surface area contributed by atoms with Crippen molar-refractivity contribution < 1.29 is 19.8 Å². The lowest BCUT2D eigenvalue weighted by Crippen LogP contribution is -2.42. The lowest BCUT2D eigenvalue weighted by atomic mass is 10.2. The summed E-state index contributed by atoms with van der Waals surface area (Å²) in [5.74, 6) is -1.63. The van der Waals surface area contributed by atoms with Crippen LogP contribution in [0.15, 0.2) is 30.3 Å². The Morgan fingerprint density at radius 3 is 2.18 bits per heavy atom. The second-order valence-corrected chi connectivity index (χ2v) is 7.40. The number of aliphatic carboxylic acids is 2. The van der Waals surface area contributed by atoms with Crippen LogP contribution in [0.3, 0.4) is 0 Å². The number of hydrogen-bond donors (Lipinski definition) is 2. The summed E-state index contributed by atoms with van der Waals surface area (Å²) < 4.78 is 0. The first-order chi connectivity index (χ1) is 13.4. The highest BCUT2D eigenvalue weighted by molar-refractivity contribution is 5.69. The number of carboxylic acids is 2. The molecule has 0 atom stereocenters. The molecule has 8 heteroatoms. The van der Waals surface area contributed by atoms with E-state index in [4.69, 9.17) is 5.11 Å². The summed E-state index contributed by atoms with van der Waals surface area (Å²) in [6.45, 7) is 6.97. The average molecular weight is 393 g/mol. The number of carboxylic acid groups (broad SMARTS) is 2. The van der Waals surface area contributed by atoms with E-state index in [1.807, 2.05) is 40.1 Å². The highest BCUT2D eigenvalue weighted by atomic mass is 16.4. The van der Waals surface area contributed by atoms with Crippen molar-refractivity contribution in [2.45, 2.75) is 6.54 Å². The second-order valence-electron chi connectivity index (χ2n) is 7.40. The first-order valence-corrected chi connectivity index (χ1v) is 9.75. The number of nitrogens with zero attached hydrogens (tertiary/aromatic N) is 4. The van der Waals surface area contributed by atoms with E-state index in [0.717, 1.165) is 44.8 Å². The molecule has 1 saturated heterocycles. The van der Waals surface area contributed by atoms with Gasteiger partial charge < -0.3 is 15.1 Å². The van der Waals surface area contributed by atoms with Gasteiger partial charge in [-0.2, -0.15) is 0 Å². The molecule has 0 saturated carbocycles. The van der Waals surface area contributed by atoms with Gasteiger partial charge in [0, 0.05) is 58.9 Å². The Hall–Kier alpha value is -2.00. The Labute approximate surface area is 166 Å². The van der Waals surface area contributed by atoms with Crippen LogP contribution in [0.5, 0.6) is 0 Å². The van der Waals surface area contributed by atoms with E-state index in [2.05, 4.69) is 16.8 Å². The zero-order chi connectivity index (χ0) is 20.4.